The highest BCUT2D eigenvalue weighted by Crippen LogP contribution is 2.47. The fourth-order valence-electron chi connectivity index (χ4n) is 7.61. The maximum atomic E-state index is 14.4. The van der Waals surface area contributed by atoms with Crippen LogP contribution in [0.1, 0.15) is 26.9 Å². The van der Waals surface area contributed by atoms with Gasteiger partial charge in [-0.25, -0.2) is 0 Å². The lowest BCUT2D eigenvalue weighted by atomic mass is 9.96. The lowest BCUT2D eigenvalue weighted by molar-refractivity contribution is -0.300. The van der Waals surface area contributed by atoms with E-state index in [1.165, 1.54) is 0 Å². The van der Waals surface area contributed by atoms with E-state index in [9.17, 15) is 50.4 Å². The first-order valence-corrected chi connectivity index (χ1v) is 16.2. The van der Waals surface area contributed by atoms with Crippen molar-refractivity contribution in [1.29, 1.82) is 0 Å². The van der Waals surface area contributed by atoms with Crippen molar-refractivity contribution < 1.29 is 64.7 Å². The number of rotatable bonds is 7. The fraction of sp³-hybridized carbons (Fsp3) is 0.412. The van der Waals surface area contributed by atoms with Crippen molar-refractivity contribution >= 4 is 55.4 Å². The number of aliphatic hydroxyl groups excluding tert-OH is 8. The van der Waals surface area contributed by atoms with Gasteiger partial charge in [-0.05, 0) is 12.1 Å². The van der Waals surface area contributed by atoms with Crippen LogP contribution in [0.5, 0.6) is 0 Å². The van der Waals surface area contributed by atoms with E-state index < -0.39 is 86.4 Å². The zero-order valence-electron chi connectivity index (χ0n) is 26.2. The van der Waals surface area contributed by atoms with Gasteiger partial charge in [0.2, 0.25) is 0 Å². The number of aliphatic hydroxyl groups is 8. The van der Waals surface area contributed by atoms with Gasteiger partial charge < -0.3 is 64.6 Å². The average Bonchev–Trinajstić information content (AvgIpc) is 3.75. The number of nitrogens with one attached hydrogen (secondary N) is 1. The molecule has 2 amide bonds. The minimum absolute atomic E-state index is 0.0784. The van der Waals surface area contributed by atoms with Crippen molar-refractivity contribution in [2.75, 3.05) is 26.4 Å². The van der Waals surface area contributed by atoms with Gasteiger partial charge in [0.15, 0.2) is 12.5 Å². The number of para-hydroxylation sites is 2. The summed E-state index contributed by atoms with van der Waals surface area (Å²) < 4.78 is 18.7. The van der Waals surface area contributed by atoms with Crippen LogP contribution in [-0.4, -0.2) is 149 Å². The van der Waals surface area contributed by atoms with E-state index in [0.29, 0.717) is 43.6 Å². The van der Waals surface area contributed by atoms with Gasteiger partial charge >= 0.3 is 0 Å². The molecule has 2 fully saturated rings. The summed E-state index contributed by atoms with van der Waals surface area (Å²) in [6.45, 7) is -1.93. The summed E-state index contributed by atoms with van der Waals surface area (Å²) in [7, 11) is 0. The summed E-state index contributed by atoms with van der Waals surface area (Å²) in [5.41, 5.74) is 2.14. The number of benzene rings is 3. The molecule has 3 aromatic carbocycles. The molecule has 9 N–H and O–H groups in total. The maximum absolute atomic E-state index is 14.4. The van der Waals surface area contributed by atoms with Crippen LogP contribution in [0, 0.1) is 0 Å². The molecule has 8 rings (SSSR count). The third-order valence-electron chi connectivity index (χ3n) is 10.1. The van der Waals surface area contributed by atoms with Crippen LogP contribution in [0.15, 0.2) is 48.5 Å². The minimum Gasteiger partial charge on any atom is -0.394 e. The third kappa shape index (κ3) is 4.66. The van der Waals surface area contributed by atoms with E-state index in [1.54, 1.807) is 47.0 Å². The molecule has 5 heterocycles. The van der Waals surface area contributed by atoms with Gasteiger partial charge in [-0.15, -0.1) is 0 Å². The molecule has 0 aliphatic carbocycles. The summed E-state index contributed by atoms with van der Waals surface area (Å²) in [6.07, 6.45) is -15.1. The number of aromatic amines is 1. The number of ether oxygens (including phenoxy) is 3. The molecule has 0 unspecified atom stereocenters. The highest BCUT2D eigenvalue weighted by molar-refractivity contribution is 6.39. The van der Waals surface area contributed by atoms with Crippen molar-refractivity contribution in [3.63, 3.8) is 0 Å². The standard InChI is InChI=1S/C34H35N3O13/c38-11-17-25(40)27(42)29(44)33(49-17)37-16-8-4-2-6-14(16)20-22-21(19-13-5-1-3-7-15(13)35-23(19)24(20)37)31(46)36(32(22)47)9-10-48-34-30(45)28(43)26(41)18(12-39)50-34/h1-8,17-18,25-30,33-35,38-45H,9-12H2/t17-,18-,25-,26-,27+,28+,29-,30+,33-,34+/m1/s1. The Hall–Kier alpha value is -4.04. The summed E-state index contributed by atoms with van der Waals surface area (Å²) in [4.78, 5) is 33.1. The van der Waals surface area contributed by atoms with Crippen LogP contribution in [0.4, 0.5) is 0 Å². The molecule has 0 radical (unpaired) electrons. The van der Waals surface area contributed by atoms with Gasteiger partial charge in [0.1, 0.15) is 48.8 Å². The summed E-state index contributed by atoms with van der Waals surface area (Å²) in [5, 5.41) is 84.6. The number of hydrogen-bond acceptors (Lipinski definition) is 13. The van der Waals surface area contributed by atoms with Gasteiger partial charge in [0.05, 0.1) is 54.0 Å². The Morgan fingerprint density at radius 3 is 2.00 bits per heavy atom. The van der Waals surface area contributed by atoms with Gasteiger partial charge in [-0.1, -0.05) is 36.4 Å². The Labute approximate surface area is 281 Å². The van der Waals surface area contributed by atoms with Crippen LogP contribution < -0.4 is 0 Å². The molecule has 5 aromatic rings. The van der Waals surface area contributed by atoms with Gasteiger partial charge in [-0.2, -0.15) is 0 Å². The second-order valence-electron chi connectivity index (χ2n) is 12.8. The molecule has 16 nitrogen and oxygen atoms in total. The zero-order valence-corrected chi connectivity index (χ0v) is 26.2. The molecule has 0 saturated carbocycles. The number of aromatic nitrogens is 2. The molecule has 0 bridgehead atoms. The van der Waals surface area contributed by atoms with Crippen molar-refractivity contribution in [2.24, 2.45) is 0 Å². The monoisotopic (exact) mass is 693 g/mol. The van der Waals surface area contributed by atoms with Crippen LogP contribution in [0.25, 0.3) is 43.6 Å². The van der Waals surface area contributed by atoms with Crippen LogP contribution in [-0.2, 0) is 14.2 Å². The molecule has 16 heteroatoms. The van der Waals surface area contributed by atoms with Crippen LogP contribution in [0.3, 0.4) is 0 Å². The summed E-state index contributed by atoms with van der Waals surface area (Å²) in [5.74, 6) is -1.28. The lowest BCUT2D eigenvalue weighted by Gasteiger charge is -2.41. The van der Waals surface area contributed by atoms with Gasteiger partial charge in [0, 0.05) is 27.1 Å². The van der Waals surface area contributed by atoms with E-state index in [0.717, 1.165) is 4.90 Å². The molecule has 3 aliphatic heterocycles. The highest BCUT2D eigenvalue weighted by atomic mass is 16.7. The molecule has 0 spiro atoms. The molecule has 50 heavy (non-hydrogen) atoms. The summed E-state index contributed by atoms with van der Waals surface area (Å²) >= 11 is 0. The van der Waals surface area contributed by atoms with E-state index in [-0.39, 0.29) is 24.3 Å². The van der Waals surface area contributed by atoms with E-state index >= 15 is 0 Å². The first-order valence-electron chi connectivity index (χ1n) is 16.2. The fourth-order valence-corrected chi connectivity index (χ4v) is 7.61. The number of imide groups is 1. The number of fused-ring (bicyclic) bond motifs is 10. The van der Waals surface area contributed by atoms with Crippen molar-refractivity contribution in [2.45, 2.75) is 61.3 Å². The smallest absolute Gasteiger partial charge is 0.262 e. The number of carbonyl (C=O) groups is 2. The minimum atomic E-state index is -1.68. The first kappa shape index (κ1) is 33.1. The molecular weight excluding hydrogens is 658 g/mol. The predicted molar refractivity (Wildman–Crippen MR) is 173 cm³/mol. The molecule has 2 saturated heterocycles. The van der Waals surface area contributed by atoms with E-state index in [2.05, 4.69) is 4.98 Å². The Balaban J connectivity index is 1.28. The number of H-pyrrole nitrogens is 1. The Bertz CT molecular complexity index is 2140. The first-order chi connectivity index (χ1) is 24.1. The molecule has 264 valence electrons. The molecule has 2 aromatic heterocycles. The number of hydrogen-bond donors (Lipinski definition) is 9. The van der Waals surface area contributed by atoms with Crippen molar-refractivity contribution in [1.82, 2.24) is 14.5 Å². The summed E-state index contributed by atoms with van der Waals surface area (Å²) in [6, 6.07) is 14.1. The number of carbonyl (C=O) groups excluding carboxylic acids is 2. The second kappa shape index (κ2) is 12.3. The largest absolute Gasteiger partial charge is 0.394 e. The SMILES string of the molecule is O=C1c2c(c3c4ccccc4n([C@@H]4O[C@H](CO)[C@@H](O)[C@H](O)[C@H]4O)c3c3[nH]c4ccccc4c23)C(=O)N1CCO[C@H]1O[C@H](CO)[C@@H](O)[C@H](O)[C@@H]1O. The topological polar surface area (TPSA) is 248 Å². The Morgan fingerprint density at radius 2 is 1.30 bits per heavy atom. The Kier molecular flexibility index (Phi) is 8.17. The van der Waals surface area contributed by atoms with Crippen molar-refractivity contribution in [3.05, 3.63) is 59.7 Å². The quantitative estimate of drug-likeness (QED) is 0.0912. The van der Waals surface area contributed by atoms with Crippen molar-refractivity contribution in [3.8, 4) is 0 Å². The molecule has 10 atom stereocenters. The van der Waals surface area contributed by atoms with Crippen LogP contribution >= 0.6 is 0 Å². The molecular formula is C34H35N3O13. The third-order valence-corrected chi connectivity index (χ3v) is 10.1. The number of nitrogens with zero attached hydrogens (tertiary/aromatic N) is 2. The zero-order chi connectivity index (χ0) is 35.2. The van der Waals surface area contributed by atoms with Gasteiger partial charge in [-0.3, -0.25) is 14.5 Å². The van der Waals surface area contributed by atoms with E-state index in [1.807, 2.05) is 6.07 Å². The predicted octanol–water partition coefficient (Wildman–Crippen LogP) is -1.19. The van der Waals surface area contributed by atoms with Crippen LogP contribution in [0.2, 0.25) is 0 Å². The lowest BCUT2D eigenvalue weighted by Crippen LogP contribution is -2.59. The Morgan fingerprint density at radius 1 is 0.700 bits per heavy atom. The highest BCUT2D eigenvalue weighted by Gasteiger charge is 2.48. The van der Waals surface area contributed by atoms with Gasteiger partial charge in [0.25, 0.3) is 11.8 Å². The molecule has 3 aliphatic rings. The average molecular weight is 694 g/mol. The second-order valence-corrected chi connectivity index (χ2v) is 12.8. The maximum Gasteiger partial charge on any atom is 0.262 e. The number of amides is 2. The van der Waals surface area contributed by atoms with E-state index in [4.69, 9.17) is 14.2 Å². The normalized spacial score (nSPS) is 31.9.